The third kappa shape index (κ3) is 3.42. The van der Waals surface area contributed by atoms with Crippen LogP contribution in [0.5, 0.6) is 5.75 Å². The predicted molar refractivity (Wildman–Crippen MR) is 92.7 cm³/mol. The fraction of sp³-hybridized carbons (Fsp3) is 0.350. The molecule has 0 aromatic heterocycles. The SMILES string of the molecule is CC(C)(C)c1ccc(O)c(NC(=O)[C@H]2C[C@H]2c2ccc(F)cc2)c1. The molecule has 0 saturated heterocycles. The molecule has 3 rings (SSSR count). The summed E-state index contributed by atoms with van der Waals surface area (Å²) in [6.45, 7) is 6.24. The van der Waals surface area contributed by atoms with Crippen molar-refractivity contribution in [2.75, 3.05) is 5.32 Å². The predicted octanol–water partition coefficient (Wildman–Crippen LogP) is 4.57. The third-order valence-corrected chi connectivity index (χ3v) is 4.55. The van der Waals surface area contributed by atoms with Gasteiger partial charge in [0.05, 0.1) is 5.69 Å². The van der Waals surface area contributed by atoms with Crippen molar-refractivity contribution in [3.05, 3.63) is 59.4 Å². The zero-order chi connectivity index (χ0) is 17.5. The molecule has 24 heavy (non-hydrogen) atoms. The average Bonchev–Trinajstić information content (AvgIpc) is 3.29. The fourth-order valence-corrected chi connectivity index (χ4v) is 2.89. The van der Waals surface area contributed by atoms with Gasteiger partial charge in [-0.1, -0.05) is 39.0 Å². The number of anilines is 1. The zero-order valence-corrected chi connectivity index (χ0v) is 14.1. The van der Waals surface area contributed by atoms with E-state index in [1.165, 1.54) is 12.1 Å². The number of hydrogen-bond acceptors (Lipinski definition) is 2. The molecule has 1 aliphatic carbocycles. The van der Waals surface area contributed by atoms with Gasteiger partial charge in [-0.25, -0.2) is 4.39 Å². The number of nitrogens with one attached hydrogen (secondary N) is 1. The van der Waals surface area contributed by atoms with Crippen LogP contribution in [-0.2, 0) is 10.2 Å². The lowest BCUT2D eigenvalue weighted by Crippen LogP contribution is -2.16. The molecule has 2 aromatic carbocycles. The van der Waals surface area contributed by atoms with E-state index < -0.39 is 0 Å². The molecule has 1 saturated carbocycles. The summed E-state index contributed by atoms with van der Waals surface area (Å²) in [5.74, 6) is -0.322. The molecular weight excluding hydrogens is 305 g/mol. The molecule has 0 radical (unpaired) electrons. The minimum Gasteiger partial charge on any atom is -0.506 e. The lowest BCUT2D eigenvalue weighted by molar-refractivity contribution is -0.117. The highest BCUT2D eigenvalue weighted by atomic mass is 19.1. The van der Waals surface area contributed by atoms with Crippen LogP contribution in [0.4, 0.5) is 10.1 Å². The lowest BCUT2D eigenvalue weighted by atomic mass is 9.87. The Hall–Kier alpha value is -2.36. The van der Waals surface area contributed by atoms with Gasteiger partial charge in [0.2, 0.25) is 5.91 Å². The first kappa shape index (κ1) is 16.5. The van der Waals surface area contributed by atoms with Crippen molar-refractivity contribution in [1.29, 1.82) is 0 Å². The van der Waals surface area contributed by atoms with Gasteiger partial charge >= 0.3 is 0 Å². The van der Waals surface area contributed by atoms with Crippen molar-refractivity contribution in [3.63, 3.8) is 0 Å². The van der Waals surface area contributed by atoms with Gasteiger partial charge in [-0.3, -0.25) is 4.79 Å². The minimum absolute atomic E-state index is 0.0651. The van der Waals surface area contributed by atoms with Crippen LogP contribution in [0.2, 0.25) is 0 Å². The number of carbonyl (C=O) groups is 1. The minimum atomic E-state index is -0.274. The van der Waals surface area contributed by atoms with Crippen LogP contribution < -0.4 is 5.32 Å². The fourth-order valence-electron chi connectivity index (χ4n) is 2.89. The summed E-state index contributed by atoms with van der Waals surface area (Å²) in [6, 6.07) is 11.6. The molecule has 2 aromatic rings. The van der Waals surface area contributed by atoms with Crippen molar-refractivity contribution in [2.24, 2.45) is 5.92 Å². The van der Waals surface area contributed by atoms with Crippen molar-refractivity contribution >= 4 is 11.6 Å². The van der Waals surface area contributed by atoms with Crippen LogP contribution in [0.3, 0.4) is 0 Å². The maximum Gasteiger partial charge on any atom is 0.228 e. The van der Waals surface area contributed by atoms with Crippen LogP contribution in [0.1, 0.15) is 44.2 Å². The summed E-state index contributed by atoms with van der Waals surface area (Å²) >= 11 is 0. The van der Waals surface area contributed by atoms with Crippen LogP contribution in [0, 0.1) is 11.7 Å². The highest BCUT2D eigenvalue weighted by Crippen LogP contribution is 2.48. The number of benzene rings is 2. The second kappa shape index (κ2) is 5.93. The van der Waals surface area contributed by atoms with E-state index in [0.29, 0.717) is 5.69 Å². The number of carbonyl (C=O) groups excluding carboxylic acids is 1. The van der Waals surface area contributed by atoms with Crippen molar-refractivity contribution in [2.45, 2.75) is 38.5 Å². The molecular formula is C20H22FNO2. The molecule has 3 nitrogen and oxygen atoms in total. The maximum atomic E-state index is 13.0. The summed E-state index contributed by atoms with van der Waals surface area (Å²) in [6.07, 6.45) is 0.747. The van der Waals surface area contributed by atoms with Gasteiger partial charge < -0.3 is 10.4 Å². The molecule has 2 N–H and O–H groups in total. The van der Waals surface area contributed by atoms with Gasteiger partial charge in [-0.2, -0.15) is 0 Å². The largest absolute Gasteiger partial charge is 0.506 e. The number of aromatic hydroxyl groups is 1. The Morgan fingerprint density at radius 2 is 1.83 bits per heavy atom. The molecule has 0 bridgehead atoms. The topological polar surface area (TPSA) is 49.3 Å². The number of hydrogen-bond donors (Lipinski definition) is 2. The molecule has 1 fully saturated rings. The molecule has 0 unspecified atom stereocenters. The van der Waals surface area contributed by atoms with Crippen LogP contribution in [0.25, 0.3) is 0 Å². The van der Waals surface area contributed by atoms with Gasteiger partial charge in [0, 0.05) is 5.92 Å². The van der Waals surface area contributed by atoms with E-state index in [-0.39, 0.29) is 34.7 Å². The highest BCUT2D eigenvalue weighted by Gasteiger charge is 2.44. The Morgan fingerprint density at radius 1 is 1.17 bits per heavy atom. The highest BCUT2D eigenvalue weighted by molar-refractivity contribution is 5.96. The van der Waals surface area contributed by atoms with Crippen molar-refractivity contribution in [1.82, 2.24) is 0 Å². The molecule has 4 heteroatoms. The number of phenols is 1. The Bertz CT molecular complexity index is 762. The van der Waals surface area contributed by atoms with E-state index in [9.17, 15) is 14.3 Å². The van der Waals surface area contributed by atoms with E-state index in [4.69, 9.17) is 0 Å². The van der Waals surface area contributed by atoms with E-state index in [1.807, 2.05) is 12.1 Å². The van der Waals surface area contributed by atoms with Crippen LogP contribution >= 0.6 is 0 Å². The van der Waals surface area contributed by atoms with Crippen LogP contribution in [0.15, 0.2) is 42.5 Å². The Labute approximate surface area is 141 Å². The second-order valence-corrected chi connectivity index (χ2v) is 7.47. The summed E-state index contributed by atoms with van der Waals surface area (Å²) in [7, 11) is 0. The normalized spacial score (nSPS) is 19.8. The van der Waals surface area contributed by atoms with Gasteiger partial charge in [-0.15, -0.1) is 0 Å². The third-order valence-electron chi connectivity index (χ3n) is 4.55. The van der Waals surface area contributed by atoms with E-state index in [0.717, 1.165) is 17.5 Å². The summed E-state index contributed by atoms with van der Waals surface area (Å²) < 4.78 is 13.0. The van der Waals surface area contributed by atoms with Gasteiger partial charge in [0.25, 0.3) is 0 Å². The molecule has 1 amide bonds. The first-order valence-electron chi connectivity index (χ1n) is 8.15. The lowest BCUT2D eigenvalue weighted by Gasteiger charge is -2.20. The van der Waals surface area contributed by atoms with Gasteiger partial charge in [0.1, 0.15) is 11.6 Å². The number of amides is 1. The molecule has 0 spiro atoms. The quantitative estimate of drug-likeness (QED) is 0.811. The molecule has 0 aliphatic heterocycles. The van der Waals surface area contributed by atoms with Gasteiger partial charge in [-0.05, 0) is 53.1 Å². The summed E-state index contributed by atoms with van der Waals surface area (Å²) in [5.41, 5.74) is 2.39. The van der Waals surface area contributed by atoms with E-state index in [1.54, 1.807) is 18.2 Å². The number of halogens is 1. The van der Waals surface area contributed by atoms with Crippen LogP contribution in [-0.4, -0.2) is 11.0 Å². The second-order valence-electron chi connectivity index (χ2n) is 7.47. The molecule has 0 heterocycles. The van der Waals surface area contributed by atoms with Gasteiger partial charge in [0.15, 0.2) is 0 Å². The first-order chi connectivity index (χ1) is 11.3. The zero-order valence-electron chi connectivity index (χ0n) is 14.1. The standard InChI is InChI=1S/C20H22FNO2/c1-20(2,3)13-6-9-18(23)17(10-13)22-19(24)16-11-15(16)12-4-7-14(21)8-5-12/h4-10,15-16,23H,11H2,1-3H3,(H,22,24)/t15-,16-/m0/s1. The van der Waals surface area contributed by atoms with E-state index >= 15 is 0 Å². The Morgan fingerprint density at radius 3 is 2.46 bits per heavy atom. The maximum absolute atomic E-state index is 13.0. The van der Waals surface area contributed by atoms with E-state index in [2.05, 4.69) is 26.1 Å². The molecule has 126 valence electrons. The Balaban J connectivity index is 1.71. The monoisotopic (exact) mass is 327 g/mol. The average molecular weight is 327 g/mol. The number of rotatable bonds is 3. The van der Waals surface area contributed by atoms with Crippen molar-refractivity contribution in [3.8, 4) is 5.75 Å². The summed E-state index contributed by atoms with van der Waals surface area (Å²) in [5, 5.41) is 12.8. The summed E-state index contributed by atoms with van der Waals surface area (Å²) in [4.78, 5) is 12.4. The Kier molecular flexibility index (Phi) is 4.08. The number of phenolic OH excluding ortho intramolecular Hbond substituents is 1. The first-order valence-corrected chi connectivity index (χ1v) is 8.15. The van der Waals surface area contributed by atoms with Crippen molar-refractivity contribution < 1.29 is 14.3 Å². The molecule has 2 atom stereocenters. The smallest absolute Gasteiger partial charge is 0.228 e. The molecule has 1 aliphatic rings.